The lowest BCUT2D eigenvalue weighted by molar-refractivity contribution is -0.134. The number of hydrogen-bond acceptors (Lipinski definition) is 3. The Kier molecular flexibility index (Phi) is 4.88. The largest absolute Gasteiger partial charge is 0.316 e. The van der Waals surface area contributed by atoms with Crippen LogP contribution in [-0.2, 0) is 9.59 Å². The second-order valence-corrected chi connectivity index (χ2v) is 5.06. The maximum atomic E-state index is 12.3. The molecule has 0 fully saturated rings. The molecule has 0 aliphatic heterocycles. The smallest absolute Gasteiger partial charge is 0.304 e. The standard InChI is InChI=1S/C17H19N3O2/c1-4-20(14-7-5-6-12(2)10-14)17(22)16(21)19-15-9-8-13(3)11-18-15/h5-11H,4H2,1-3H3,(H,18,19,21). The number of rotatable bonds is 3. The summed E-state index contributed by atoms with van der Waals surface area (Å²) >= 11 is 0. The minimum atomic E-state index is -0.695. The van der Waals surface area contributed by atoms with E-state index in [4.69, 9.17) is 0 Å². The quantitative estimate of drug-likeness (QED) is 0.886. The Labute approximate surface area is 130 Å². The molecule has 5 nitrogen and oxygen atoms in total. The van der Waals surface area contributed by atoms with E-state index in [1.165, 1.54) is 4.90 Å². The predicted octanol–water partition coefficient (Wildman–Crippen LogP) is 2.69. The Morgan fingerprint density at radius 2 is 1.91 bits per heavy atom. The molecule has 0 atom stereocenters. The van der Waals surface area contributed by atoms with E-state index >= 15 is 0 Å². The van der Waals surface area contributed by atoms with E-state index < -0.39 is 11.8 Å². The van der Waals surface area contributed by atoms with E-state index in [1.54, 1.807) is 12.3 Å². The summed E-state index contributed by atoms with van der Waals surface area (Å²) < 4.78 is 0. The fourth-order valence-electron chi connectivity index (χ4n) is 2.07. The number of aromatic nitrogens is 1. The summed E-state index contributed by atoms with van der Waals surface area (Å²) in [6, 6.07) is 11.0. The van der Waals surface area contributed by atoms with Gasteiger partial charge in [0.2, 0.25) is 0 Å². The molecular weight excluding hydrogens is 278 g/mol. The lowest BCUT2D eigenvalue weighted by Gasteiger charge is -2.20. The van der Waals surface area contributed by atoms with Crippen molar-refractivity contribution in [3.05, 3.63) is 53.7 Å². The SMILES string of the molecule is CCN(C(=O)C(=O)Nc1ccc(C)cn1)c1cccc(C)c1. The van der Waals surface area contributed by atoms with E-state index in [1.807, 2.05) is 51.1 Å². The van der Waals surface area contributed by atoms with Crippen molar-refractivity contribution in [3.8, 4) is 0 Å². The van der Waals surface area contributed by atoms with Crippen molar-refractivity contribution >= 4 is 23.3 Å². The highest BCUT2D eigenvalue weighted by molar-refractivity contribution is 6.44. The van der Waals surface area contributed by atoms with Gasteiger partial charge in [-0.05, 0) is 50.1 Å². The van der Waals surface area contributed by atoms with Gasteiger partial charge in [-0.1, -0.05) is 18.2 Å². The first-order chi connectivity index (χ1) is 10.5. The van der Waals surface area contributed by atoms with Crippen molar-refractivity contribution in [2.75, 3.05) is 16.8 Å². The molecule has 114 valence electrons. The van der Waals surface area contributed by atoms with Crippen LogP contribution in [0.3, 0.4) is 0 Å². The highest BCUT2D eigenvalue weighted by atomic mass is 16.2. The van der Waals surface area contributed by atoms with Gasteiger partial charge < -0.3 is 10.2 Å². The molecule has 0 spiro atoms. The number of amides is 2. The molecule has 5 heteroatoms. The summed E-state index contributed by atoms with van der Waals surface area (Å²) in [5.74, 6) is -0.931. The third kappa shape index (κ3) is 3.69. The van der Waals surface area contributed by atoms with Crippen molar-refractivity contribution in [1.82, 2.24) is 4.98 Å². The molecule has 1 aromatic carbocycles. The topological polar surface area (TPSA) is 62.3 Å². The fourth-order valence-corrected chi connectivity index (χ4v) is 2.07. The van der Waals surface area contributed by atoms with Crippen molar-refractivity contribution in [3.63, 3.8) is 0 Å². The predicted molar refractivity (Wildman–Crippen MR) is 86.8 cm³/mol. The number of benzene rings is 1. The Bertz CT molecular complexity index is 681. The molecule has 1 N–H and O–H groups in total. The number of likely N-dealkylation sites (N-methyl/N-ethyl adjacent to an activating group) is 1. The Balaban J connectivity index is 2.14. The van der Waals surface area contributed by atoms with Gasteiger partial charge in [0.15, 0.2) is 0 Å². The van der Waals surface area contributed by atoms with E-state index in [0.717, 1.165) is 11.1 Å². The molecule has 2 amide bonds. The zero-order valence-corrected chi connectivity index (χ0v) is 13.0. The third-order valence-electron chi connectivity index (χ3n) is 3.22. The number of aryl methyl sites for hydroxylation is 2. The van der Waals surface area contributed by atoms with Gasteiger partial charge in [-0.2, -0.15) is 0 Å². The Hall–Kier alpha value is -2.69. The van der Waals surface area contributed by atoms with E-state index in [9.17, 15) is 9.59 Å². The van der Waals surface area contributed by atoms with Crippen molar-refractivity contribution in [1.29, 1.82) is 0 Å². The average molecular weight is 297 g/mol. The minimum Gasteiger partial charge on any atom is -0.304 e. The van der Waals surface area contributed by atoms with Crippen LogP contribution in [0, 0.1) is 13.8 Å². The van der Waals surface area contributed by atoms with Gasteiger partial charge in [0.05, 0.1) is 0 Å². The molecular formula is C17H19N3O2. The molecule has 0 aliphatic carbocycles. The van der Waals surface area contributed by atoms with Gasteiger partial charge in [-0.25, -0.2) is 4.98 Å². The first-order valence-electron chi connectivity index (χ1n) is 7.13. The normalized spacial score (nSPS) is 10.1. The molecule has 22 heavy (non-hydrogen) atoms. The maximum absolute atomic E-state index is 12.3. The van der Waals surface area contributed by atoms with Crippen LogP contribution in [0.1, 0.15) is 18.1 Å². The number of anilines is 2. The molecule has 1 heterocycles. The Morgan fingerprint density at radius 1 is 1.14 bits per heavy atom. The summed E-state index contributed by atoms with van der Waals surface area (Å²) in [5.41, 5.74) is 2.73. The second-order valence-electron chi connectivity index (χ2n) is 5.06. The van der Waals surface area contributed by atoms with Gasteiger partial charge in [-0.15, -0.1) is 0 Å². The molecule has 0 unspecified atom stereocenters. The average Bonchev–Trinajstić information content (AvgIpc) is 2.50. The fraction of sp³-hybridized carbons (Fsp3) is 0.235. The minimum absolute atomic E-state index is 0.365. The van der Waals surface area contributed by atoms with Crippen LogP contribution in [0.15, 0.2) is 42.6 Å². The van der Waals surface area contributed by atoms with Gasteiger partial charge in [-0.3, -0.25) is 9.59 Å². The third-order valence-corrected chi connectivity index (χ3v) is 3.22. The molecule has 2 rings (SSSR count). The first kappa shape index (κ1) is 15.7. The van der Waals surface area contributed by atoms with Crippen molar-refractivity contribution < 1.29 is 9.59 Å². The number of hydrogen-bond donors (Lipinski definition) is 1. The van der Waals surface area contributed by atoms with E-state index in [0.29, 0.717) is 18.1 Å². The second kappa shape index (κ2) is 6.85. The highest BCUT2D eigenvalue weighted by Crippen LogP contribution is 2.16. The lowest BCUT2D eigenvalue weighted by atomic mass is 10.2. The molecule has 2 aromatic rings. The van der Waals surface area contributed by atoms with Crippen LogP contribution >= 0.6 is 0 Å². The summed E-state index contributed by atoms with van der Waals surface area (Å²) in [6.45, 7) is 6.09. The van der Waals surface area contributed by atoms with Crippen LogP contribution < -0.4 is 10.2 Å². The van der Waals surface area contributed by atoms with Crippen LogP contribution in [0.25, 0.3) is 0 Å². The zero-order valence-electron chi connectivity index (χ0n) is 13.0. The van der Waals surface area contributed by atoms with E-state index in [-0.39, 0.29) is 0 Å². The molecule has 0 aliphatic rings. The first-order valence-corrected chi connectivity index (χ1v) is 7.13. The number of nitrogens with one attached hydrogen (secondary N) is 1. The van der Waals surface area contributed by atoms with Gasteiger partial charge in [0, 0.05) is 18.4 Å². The van der Waals surface area contributed by atoms with Crippen LogP contribution in [0.2, 0.25) is 0 Å². The summed E-state index contributed by atoms with van der Waals surface area (Å²) in [6.07, 6.45) is 1.64. The Morgan fingerprint density at radius 3 is 2.50 bits per heavy atom. The number of carbonyl (C=O) groups is 2. The monoisotopic (exact) mass is 297 g/mol. The summed E-state index contributed by atoms with van der Waals surface area (Å²) in [4.78, 5) is 30.0. The van der Waals surface area contributed by atoms with Gasteiger partial charge in [0.1, 0.15) is 5.82 Å². The summed E-state index contributed by atoms with van der Waals surface area (Å²) in [7, 11) is 0. The molecule has 0 saturated heterocycles. The van der Waals surface area contributed by atoms with Gasteiger partial charge in [0.25, 0.3) is 0 Å². The number of nitrogens with zero attached hydrogens (tertiary/aromatic N) is 2. The van der Waals surface area contributed by atoms with E-state index in [2.05, 4.69) is 10.3 Å². The highest BCUT2D eigenvalue weighted by Gasteiger charge is 2.22. The maximum Gasteiger partial charge on any atom is 0.316 e. The van der Waals surface area contributed by atoms with Crippen LogP contribution in [0.5, 0.6) is 0 Å². The van der Waals surface area contributed by atoms with Crippen LogP contribution in [0.4, 0.5) is 11.5 Å². The molecule has 0 bridgehead atoms. The zero-order chi connectivity index (χ0) is 16.1. The van der Waals surface area contributed by atoms with Crippen LogP contribution in [-0.4, -0.2) is 23.3 Å². The lowest BCUT2D eigenvalue weighted by Crippen LogP contribution is -2.39. The van der Waals surface area contributed by atoms with Crippen molar-refractivity contribution in [2.45, 2.75) is 20.8 Å². The van der Waals surface area contributed by atoms with Crippen molar-refractivity contribution in [2.24, 2.45) is 0 Å². The number of pyridine rings is 1. The summed E-state index contributed by atoms with van der Waals surface area (Å²) in [5, 5.41) is 2.53. The molecule has 0 radical (unpaired) electrons. The molecule has 0 saturated carbocycles. The molecule has 1 aromatic heterocycles. The number of carbonyl (C=O) groups excluding carboxylic acids is 2. The van der Waals surface area contributed by atoms with Gasteiger partial charge >= 0.3 is 11.8 Å².